The smallest absolute Gasteiger partial charge is 0.306 e. The van der Waals surface area contributed by atoms with Gasteiger partial charge in [-0.1, -0.05) is 30.3 Å². The van der Waals surface area contributed by atoms with Crippen LogP contribution >= 0.6 is 0 Å². The van der Waals surface area contributed by atoms with E-state index in [4.69, 9.17) is 4.74 Å². The fourth-order valence-corrected chi connectivity index (χ4v) is 2.58. The first-order valence-corrected chi connectivity index (χ1v) is 6.47. The monoisotopic (exact) mass is 312 g/mol. The highest BCUT2D eigenvalue weighted by Crippen LogP contribution is 2.44. The Hall–Kier alpha value is -1.84. The third-order valence-electron chi connectivity index (χ3n) is 3.76. The number of hydrogen-bond donors (Lipinski definition) is 4. The minimum atomic E-state index is -2.61. The molecule has 8 heteroatoms. The molecule has 1 heterocycles. The van der Waals surface area contributed by atoms with E-state index in [2.05, 4.69) is 4.74 Å². The van der Waals surface area contributed by atoms with Crippen LogP contribution in [0.3, 0.4) is 0 Å². The Bertz CT molecular complexity index is 535. The van der Waals surface area contributed by atoms with E-state index in [0.717, 1.165) is 0 Å². The second-order valence-electron chi connectivity index (χ2n) is 4.91. The van der Waals surface area contributed by atoms with Crippen molar-refractivity contribution in [3.05, 3.63) is 35.9 Å². The molecular weight excluding hydrogens is 296 g/mol. The van der Waals surface area contributed by atoms with Crippen molar-refractivity contribution in [1.82, 2.24) is 0 Å². The van der Waals surface area contributed by atoms with Crippen LogP contribution in [0.4, 0.5) is 0 Å². The van der Waals surface area contributed by atoms with Crippen molar-refractivity contribution in [3.63, 3.8) is 0 Å². The average Bonchev–Trinajstić information content (AvgIpc) is 2.56. The van der Waals surface area contributed by atoms with Crippen molar-refractivity contribution < 1.29 is 39.5 Å². The van der Waals surface area contributed by atoms with Gasteiger partial charge in [-0.15, -0.1) is 0 Å². The molecule has 22 heavy (non-hydrogen) atoms. The summed E-state index contributed by atoms with van der Waals surface area (Å²) >= 11 is 0. The third-order valence-corrected chi connectivity index (χ3v) is 3.76. The molecule has 0 radical (unpaired) electrons. The largest absolute Gasteiger partial charge is 0.424 e. The van der Waals surface area contributed by atoms with Crippen LogP contribution in [-0.2, 0) is 24.7 Å². The van der Waals surface area contributed by atoms with Gasteiger partial charge in [0, 0.05) is 0 Å². The maximum atomic E-state index is 11.5. The summed E-state index contributed by atoms with van der Waals surface area (Å²) in [6.45, 7) is -0.887. The van der Waals surface area contributed by atoms with E-state index >= 15 is 0 Å². The van der Waals surface area contributed by atoms with E-state index in [0.29, 0.717) is 0 Å². The van der Waals surface area contributed by atoms with Crippen molar-refractivity contribution in [2.24, 2.45) is 0 Å². The summed E-state index contributed by atoms with van der Waals surface area (Å²) in [6.07, 6.45) is -5.08. The van der Waals surface area contributed by atoms with Crippen molar-refractivity contribution in [1.29, 1.82) is 0 Å². The molecule has 1 aromatic rings. The standard InChI is InChI=1S/C14H16O8/c15-6-10-11(18)12(19)14(20,9-4-2-1-3-5-9)13(7-16,22-10)21-8-17/h1-5,7-8,10-12,15,18-20H,6H2/t10-,11-,12+,13-,14-/m1/s1. The van der Waals surface area contributed by atoms with Gasteiger partial charge in [-0.05, 0) is 5.56 Å². The third kappa shape index (κ3) is 2.21. The molecular formula is C14H16O8. The van der Waals surface area contributed by atoms with Gasteiger partial charge in [0.2, 0.25) is 0 Å². The molecule has 4 N–H and O–H groups in total. The molecule has 5 atom stereocenters. The van der Waals surface area contributed by atoms with E-state index in [1.54, 1.807) is 6.07 Å². The fraction of sp³-hybridized carbons (Fsp3) is 0.429. The number of ether oxygens (including phenoxy) is 2. The minimum Gasteiger partial charge on any atom is -0.424 e. The molecule has 0 unspecified atom stereocenters. The van der Waals surface area contributed by atoms with Crippen molar-refractivity contribution in [2.75, 3.05) is 6.61 Å². The second-order valence-corrected chi connectivity index (χ2v) is 4.91. The van der Waals surface area contributed by atoms with Crippen LogP contribution in [0.2, 0.25) is 0 Å². The lowest BCUT2D eigenvalue weighted by atomic mass is 9.75. The van der Waals surface area contributed by atoms with Gasteiger partial charge in [0.05, 0.1) is 6.61 Å². The molecule has 1 aliphatic heterocycles. The quantitative estimate of drug-likeness (QED) is 0.461. The van der Waals surface area contributed by atoms with Gasteiger partial charge in [-0.25, -0.2) is 0 Å². The summed E-state index contributed by atoms with van der Waals surface area (Å²) in [4.78, 5) is 22.3. The second kappa shape index (κ2) is 6.11. The fourth-order valence-electron chi connectivity index (χ4n) is 2.58. The number of aldehydes is 1. The van der Waals surface area contributed by atoms with E-state index in [1.807, 2.05) is 0 Å². The van der Waals surface area contributed by atoms with Crippen LogP contribution in [0.5, 0.6) is 0 Å². The Morgan fingerprint density at radius 3 is 2.36 bits per heavy atom. The Morgan fingerprint density at radius 2 is 1.86 bits per heavy atom. The molecule has 0 bridgehead atoms. The zero-order valence-electron chi connectivity index (χ0n) is 11.4. The first-order chi connectivity index (χ1) is 10.5. The lowest BCUT2D eigenvalue weighted by molar-refractivity contribution is -0.370. The predicted molar refractivity (Wildman–Crippen MR) is 70.3 cm³/mol. The summed E-state index contributed by atoms with van der Waals surface area (Å²) in [6, 6.07) is 7.39. The molecule has 1 saturated heterocycles. The maximum absolute atomic E-state index is 11.5. The zero-order valence-corrected chi connectivity index (χ0v) is 11.4. The SMILES string of the molecule is O=CO[C@]1(C=O)O[C@H](CO)[C@@H](O)[C@H](O)[C@]1(O)c1ccccc1. The summed E-state index contributed by atoms with van der Waals surface area (Å²) < 4.78 is 9.77. The van der Waals surface area contributed by atoms with Crippen LogP contribution in [0.15, 0.2) is 30.3 Å². The highest BCUT2D eigenvalue weighted by molar-refractivity contribution is 5.67. The van der Waals surface area contributed by atoms with Gasteiger partial charge in [-0.2, -0.15) is 0 Å². The molecule has 0 spiro atoms. The summed E-state index contributed by atoms with van der Waals surface area (Å²) in [7, 11) is 0. The highest BCUT2D eigenvalue weighted by atomic mass is 16.7. The van der Waals surface area contributed by atoms with Gasteiger partial charge >= 0.3 is 5.79 Å². The van der Waals surface area contributed by atoms with Crippen molar-refractivity contribution in [2.45, 2.75) is 29.7 Å². The molecule has 0 saturated carbocycles. The Balaban J connectivity index is 2.63. The number of benzene rings is 1. The maximum Gasteiger partial charge on any atom is 0.306 e. The molecule has 0 amide bonds. The lowest BCUT2D eigenvalue weighted by Gasteiger charge is -2.51. The van der Waals surface area contributed by atoms with Crippen LogP contribution in [-0.4, -0.2) is 63.9 Å². The van der Waals surface area contributed by atoms with Crippen LogP contribution in [0, 0.1) is 0 Å². The van der Waals surface area contributed by atoms with Gasteiger partial charge in [0.25, 0.3) is 6.47 Å². The number of rotatable bonds is 5. The molecule has 8 nitrogen and oxygen atoms in total. The van der Waals surface area contributed by atoms with E-state index in [-0.39, 0.29) is 18.3 Å². The number of hydrogen-bond acceptors (Lipinski definition) is 8. The summed E-state index contributed by atoms with van der Waals surface area (Å²) in [5.41, 5.74) is -2.56. The minimum absolute atomic E-state index is 0.00611. The Kier molecular flexibility index (Phi) is 4.59. The number of carbonyl (C=O) groups is 2. The Morgan fingerprint density at radius 1 is 1.23 bits per heavy atom. The molecule has 1 fully saturated rings. The lowest BCUT2D eigenvalue weighted by Crippen LogP contribution is -2.72. The molecule has 1 aliphatic rings. The molecule has 0 aromatic heterocycles. The van der Waals surface area contributed by atoms with Crippen molar-refractivity contribution >= 4 is 12.8 Å². The predicted octanol–water partition coefficient (Wildman–Crippen LogP) is -1.94. The van der Waals surface area contributed by atoms with Gasteiger partial charge in [0.1, 0.15) is 18.3 Å². The normalized spacial score (nSPS) is 38.3. The van der Waals surface area contributed by atoms with Crippen LogP contribution < -0.4 is 0 Å². The number of aliphatic hydroxyl groups excluding tert-OH is 3. The van der Waals surface area contributed by atoms with E-state index in [1.165, 1.54) is 24.3 Å². The van der Waals surface area contributed by atoms with E-state index in [9.17, 15) is 30.0 Å². The molecule has 1 aromatic carbocycles. The average molecular weight is 312 g/mol. The summed E-state index contributed by atoms with van der Waals surface area (Å²) in [5.74, 6) is -2.61. The topological polar surface area (TPSA) is 134 Å². The van der Waals surface area contributed by atoms with Crippen LogP contribution in [0.1, 0.15) is 5.56 Å². The van der Waals surface area contributed by atoms with Crippen molar-refractivity contribution in [3.8, 4) is 0 Å². The summed E-state index contributed by atoms with van der Waals surface area (Å²) in [5, 5.41) is 40.4. The molecule has 120 valence electrons. The molecule has 2 rings (SSSR count). The number of aliphatic hydroxyl groups is 4. The highest BCUT2D eigenvalue weighted by Gasteiger charge is 2.67. The van der Waals surface area contributed by atoms with Gasteiger partial charge in [-0.3, -0.25) is 9.59 Å². The van der Waals surface area contributed by atoms with E-state index < -0.39 is 36.3 Å². The first-order valence-electron chi connectivity index (χ1n) is 6.47. The molecule has 0 aliphatic carbocycles. The Labute approximate surface area is 125 Å². The zero-order chi connectivity index (χ0) is 16.4. The van der Waals surface area contributed by atoms with Gasteiger partial charge < -0.3 is 29.9 Å². The van der Waals surface area contributed by atoms with Crippen LogP contribution in [0.25, 0.3) is 0 Å². The van der Waals surface area contributed by atoms with Gasteiger partial charge in [0.15, 0.2) is 11.9 Å². The number of carbonyl (C=O) groups excluding carboxylic acids is 2. The first kappa shape index (κ1) is 16.5.